The van der Waals surface area contributed by atoms with Crippen molar-refractivity contribution >= 4 is 22.5 Å². The van der Waals surface area contributed by atoms with E-state index >= 15 is 0 Å². The highest BCUT2D eigenvalue weighted by molar-refractivity contribution is 7.13. The number of urea groups is 1. The van der Waals surface area contributed by atoms with Crippen LogP contribution in [0.1, 0.15) is 0 Å². The lowest BCUT2D eigenvalue weighted by Crippen LogP contribution is -2.32. The predicted molar refractivity (Wildman–Crippen MR) is 72.8 cm³/mol. The minimum Gasteiger partial charge on any atom is -0.493 e. The van der Waals surface area contributed by atoms with Crippen LogP contribution in [0.3, 0.4) is 0 Å². The van der Waals surface area contributed by atoms with Gasteiger partial charge in [0.25, 0.3) is 0 Å². The van der Waals surface area contributed by atoms with Crippen molar-refractivity contribution in [1.29, 1.82) is 0 Å². The first kappa shape index (κ1) is 13.2. The molecule has 6 nitrogen and oxygen atoms in total. The molecule has 7 heteroatoms. The highest BCUT2D eigenvalue weighted by atomic mass is 32.1. The summed E-state index contributed by atoms with van der Waals surface area (Å²) in [4.78, 5) is 15.4. The number of hydrogen-bond acceptors (Lipinski definition) is 5. The van der Waals surface area contributed by atoms with Gasteiger partial charge < -0.3 is 14.8 Å². The van der Waals surface area contributed by atoms with Crippen LogP contribution in [0.4, 0.5) is 9.93 Å². The van der Waals surface area contributed by atoms with E-state index in [-0.39, 0.29) is 12.8 Å². The molecule has 0 aliphatic carbocycles. The number of nitrogens with zero attached hydrogens (tertiary/aromatic N) is 1. The summed E-state index contributed by atoms with van der Waals surface area (Å²) in [5.41, 5.74) is 0. The summed E-state index contributed by atoms with van der Waals surface area (Å²) in [6.45, 7) is 0.0393. The molecule has 2 aromatic rings. The summed E-state index contributed by atoms with van der Waals surface area (Å²) in [7, 11) is 1.56. The molecule has 0 spiro atoms. The van der Waals surface area contributed by atoms with Gasteiger partial charge in [0.1, 0.15) is 0 Å². The van der Waals surface area contributed by atoms with Crippen molar-refractivity contribution in [3.63, 3.8) is 0 Å². The number of ether oxygens (including phenoxy) is 2. The third-order valence-electron chi connectivity index (χ3n) is 2.18. The van der Waals surface area contributed by atoms with Crippen LogP contribution in [0.5, 0.6) is 11.5 Å². The van der Waals surface area contributed by atoms with E-state index in [4.69, 9.17) is 9.47 Å². The van der Waals surface area contributed by atoms with Crippen LogP contribution in [0.2, 0.25) is 0 Å². The fraction of sp³-hybridized carbons (Fsp3) is 0.167. The maximum atomic E-state index is 11.5. The predicted octanol–water partition coefficient (Wildman–Crippen LogP) is 2.31. The molecule has 19 heavy (non-hydrogen) atoms. The maximum Gasteiger partial charge on any atom is 0.323 e. The maximum absolute atomic E-state index is 11.5. The molecule has 0 aliphatic rings. The molecular weight excluding hydrogens is 266 g/mol. The second kappa shape index (κ2) is 6.60. The van der Waals surface area contributed by atoms with Crippen LogP contribution in [0, 0.1) is 0 Å². The Kier molecular flexibility index (Phi) is 4.57. The van der Waals surface area contributed by atoms with E-state index in [1.165, 1.54) is 11.3 Å². The molecule has 2 N–H and O–H groups in total. The van der Waals surface area contributed by atoms with Crippen molar-refractivity contribution < 1.29 is 14.3 Å². The summed E-state index contributed by atoms with van der Waals surface area (Å²) in [5.74, 6) is 1.18. The summed E-state index contributed by atoms with van der Waals surface area (Å²) < 4.78 is 10.5. The van der Waals surface area contributed by atoms with Crippen molar-refractivity contribution in [2.75, 3.05) is 19.2 Å². The minimum atomic E-state index is -0.371. The molecule has 0 fully saturated rings. The Labute approximate surface area is 114 Å². The second-order valence-electron chi connectivity index (χ2n) is 3.41. The quantitative estimate of drug-likeness (QED) is 0.824. The molecule has 0 saturated carbocycles. The third kappa shape index (κ3) is 3.85. The van der Waals surface area contributed by atoms with Gasteiger partial charge in [-0.15, -0.1) is 11.3 Å². The van der Waals surface area contributed by atoms with Crippen LogP contribution in [-0.2, 0) is 0 Å². The average molecular weight is 279 g/mol. The van der Waals surface area contributed by atoms with Gasteiger partial charge in [-0.2, -0.15) is 0 Å². The van der Waals surface area contributed by atoms with Crippen molar-refractivity contribution in [3.8, 4) is 11.5 Å². The SMILES string of the molecule is COc1ccccc1OCNC(=O)Nc1nccs1. The van der Waals surface area contributed by atoms with E-state index in [0.29, 0.717) is 16.6 Å². The molecule has 100 valence electrons. The number of para-hydroxylation sites is 2. The van der Waals surface area contributed by atoms with Crippen LogP contribution in [-0.4, -0.2) is 24.9 Å². The van der Waals surface area contributed by atoms with Gasteiger partial charge in [0.15, 0.2) is 23.4 Å². The number of anilines is 1. The van der Waals surface area contributed by atoms with Crippen LogP contribution in [0.25, 0.3) is 0 Å². The Hall–Kier alpha value is -2.28. The molecule has 0 bridgehead atoms. The molecule has 0 atom stereocenters. The Morgan fingerprint density at radius 1 is 1.37 bits per heavy atom. The summed E-state index contributed by atoms with van der Waals surface area (Å²) in [5, 5.41) is 7.46. The number of carbonyl (C=O) groups is 1. The van der Waals surface area contributed by atoms with E-state index in [1.807, 2.05) is 12.1 Å². The lowest BCUT2D eigenvalue weighted by molar-refractivity contribution is 0.231. The first-order valence-corrected chi connectivity index (χ1v) is 6.37. The van der Waals surface area contributed by atoms with Crippen LogP contribution >= 0.6 is 11.3 Å². The van der Waals surface area contributed by atoms with E-state index in [2.05, 4.69) is 15.6 Å². The van der Waals surface area contributed by atoms with Gasteiger partial charge in [0, 0.05) is 11.6 Å². The molecule has 1 heterocycles. The number of hydrogen-bond donors (Lipinski definition) is 2. The average Bonchev–Trinajstić information content (AvgIpc) is 2.92. The monoisotopic (exact) mass is 279 g/mol. The van der Waals surface area contributed by atoms with Gasteiger partial charge in [-0.3, -0.25) is 5.32 Å². The van der Waals surface area contributed by atoms with E-state index in [9.17, 15) is 4.79 Å². The largest absolute Gasteiger partial charge is 0.493 e. The molecule has 2 amide bonds. The Balaban J connectivity index is 1.78. The van der Waals surface area contributed by atoms with E-state index in [1.54, 1.807) is 30.8 Å². The highest BCUT2D eigenvalue weighted by Crippen LogP contribution is 2.25. The molecule has 0 aliphatic heterocycles. The van der Waals surface area contributed by atoms with Gasteiger partial charge in [-0.05, 0) is 12.1 Å². The number of carbonyl (C=O) groups excluding carboxylic acids is 1. The van der Waals surface area contributed by atoms with Gasteiger partial charge in [0.05, 0.1) is 7.11 Å². The first-order valence-electron chi connectivity index (χ1n) is 5.50. The number of nitrogens with one attached hydrogen (secondary N) is 2. The minimum absolute atomic E-state index is 0.0393. The number of benzene rings is 1. The normalized spacial score (nSPS) is 9.74. The summed E-state index contributed by atoms with van der Waals surface area (Å²) >= 11 is 1.34. The number of amides is 2. The molecule has 0 radical (unpaired) electrons. The lowest BCUT2D eigenvalue weighted by atomic mass is 10.3. The van der Waals surface area contributed by atoms with Crippen molar-refractivity contribution in [2.24, 2.45) is 0 Å². The van der Waals surface area contributed by atoms with Gasteiger partial charge in [0.2, 0.25) is 0 Å². The topological polar surface area (TPSA) is 72.5 Å². The fourth-order valence-corrected chi connectivity index (χ4v) is 1.87. The zero-order valence-corrected chi connectivity index (χ0v) is 11.1. The Bertz CT molecular complexity index is 531. The molecular formula is C12H13N3O3S. The Morgan fingerprint density at radius 3 is 2.84 bits per heavy atom. The number of methoxy groups -OCH3 is 1. The molecule has 0 unspecified atom stereocenters. The zero-order valence-electron chi connectivity index (χ0n) is 10.3. The van der Waals surface area contributed by atoms with Crippen LogP contribution in [0.15, 0.2) is 35.8 Å². The van der Waals surface area contributed by atoms with Crippen molar-refractivity contribution in [2.45, 2.75) is 0 Å². The number of rotatable bonds is 5. The zero-order chi connectivity index (χ0) is 13.5. The standard InChI is InChI=1S/C12H13N3O3S/c1-17-9-4-2-3-5-10(9)18-8-14-11(16)15-12-13-6-7-19-12/h2-7H,8H2,1H3,(H2,13,14,15,16). The lowest BCUT2D eigenvalue weighted by Gasteiger charge is -2.10. The second-order valence-corrected chi connectivity index (χ2v) is 4.30. The van der Waals surface area contributed by atoms with Crippen LogP contribution < -0.4 is 20.1 Å². The Morgan fingerprint density at radius 2 is 2.16 bits per heavy atom. The fourth-order valence-electron chi connectivity index (χ4n) is 1.34. The first-order chi connectivity index (χ1) is 9.29. The third-order valence-corrected chi connectivity index (χ3v) is 2.87. The van der Waals surface area contributed by atoms with Gasteiger partial charge >= 0.3 is 6.03 Å². The van der Waals surface area contributed by atoms with E-state index in [0.717, 1.165) is 0 Å². The smallest absolute Gasteiger partial charge is 0.323 e. The summed E-state index contributed by atoms with van der Waals surface area (Å²) in [6, 6.07) is 6.84. The van der Waals surface area contributed by atoms with Gasteiger partial charge in [-0.25, -0.2) is 9.78 Å². The van der Waals surface area contributed by atoms with E-state index < -0.39 is 0 Å². The number of thiazole rings is 1. The molecule has 1 aromatic carbocycles. The molecule has 1 aromatic heterocycles. The van der Waals surface area contributed by atoms with Gasteiger partial charge in [-0.1, -0.05) is 12.1 Å². The number of aromatic nitrogens is 1. The molecule has 2 rings (SSSR count). The van der Waals surface area contributed by atoms with Crippen molar-refractivity contribution in [3.05, 3.63) is 35.8 Å². The summed E-state index contributed by atoms with van der Waals surface area (Å²) in [6.07, 6.45) is 1.62. The van der Waals surface area contributed by atoms with Crippen molar-refractivity contribution in [1.82, 2.24) is 10.3 Å². The highest BCUT2D eigenvalue weighted by Gasteiger charge is 2.05. The molecule has 0 saturated heterocycles.